The number of pyridine rings is 1. The molecule has 0 bridgehead atoms. The lowest BCUT2D eigenvalue weighted by atomic mass is 10.2. The van der Waals surface area contributed by atoms with Crippen molar-refractivity contribution in [3.8, 4) is 0 Å². The molecule has 5 heteroatoms. The van der Waals surface area contributed by atoms with Gasteiger partial charge >= 0.3 is 0 Å². The van der Waals surface area contributed by atoms with Gasteiger partial charge in [-0.05, 0) is 42.4 Å². The molecule has 0 fully saturated rings. The highest BCUT2D eigenvalue weighted by Crippen LogP contribution is 2.33. The lowest BCUT2D eigenvalue weighted by Gasteiger charge is -2.04. The maximum Gasteiger partial charge on any atom is 0.157 e. The highest BCUT2D eigenvalue weighted by Gasteiger charge is 2.06. The summed E-state index contributed by atoms with van der Waals surface area (Å²) < 4.78 is 2.22. The predicted octanol–water partition coefficient (Wildman–Crippen LogP) is 3.86. The Labute approximate surface area is 119 Å². The van der Waals surface area contributed by atoms with E-state index in [2.05, 4.69) is 16.0 Å². The van der Waals surface area contributed by atoms with Crippen LogP contribution in [0.4, 0.5) is 0 Å². The lowest BCUT2D eigenvalue weighted by Crippen LogP contribution is -2.04. The second-order valence-corrected chi connectivity index (χ2v) is 6.57. The third-order valence-electron chi connectivity index (χ3n) is 2.75. The molecule has 1 atom stereocenters. The zero-order valence-electron chi connectivity index (χ0n) is 10.4. The number of aromatic nitrogens is 2. The third-order valence-corrected chi connectivity index (χ3v) is 4.80. The number of hydrogen-bond acceptors (Lipinski definition) is 5. The van der Waals surface area contributed by atoms with Gasteiger partial charge in [0, 0.05) is 12.2 Å². The van der Waals surface area contributed by atoms with E-state index in [-0.39, 0.29) is 6.04 Å². The van der Waals surface area contributed by atoms with Gasteiger partial charge in [-0.3, -0.25) is 0 Å². The molecule has 0 aliphatic carbocycles. The van der Waals surface area contributed by atoms with Crippen molar-refractivity contribution in [3.63, 3.8) is 0 Å². The smallest absolute Gasteiger partial charge is 0.157 e. The van der Waals surface area contributed by atoms with Gasteiger partial charge in [-0.2, -0.15) is 0 Å². The average molecular weight is 287 g/mol. The van der Waals surface area contributed by atoms with E-state index < -0.39 is 0 Å². The minimum atomic E-state index is 0.0222. The molecule has 0 amide bonds. The maximum atomic E-state index is 5.81. The first-order valence-electron chi connectivity index (χ1n) is 5.97. The summed E-state index contributed by atoms with van der Waals surface area (Å²) >= 11 is 3.28. The first-order chi connectivity index (χ1) is 9.22. The highest BCUT2D eigenvalue weighted by molar-refractivity contribution is 8.01. The lowest BCUT2D eigenvalue weighted by molar-refractivity contribution is 0.806. The summed E-state index contributed by atoms with van der Waals surface area (Å²) in [4.78, 5) is 9.00. The number of fused-ring (bicyclic) bond motifs is 1. The zero-order chi connectivity index (χ0) is 13.2. The van der Waals surface area contributed by atoms with E-state index >= 15 is 0 Å². The van der Waals surface area contributed by atoms with E-state index in [1.807, 2.05) is 43.5 Å². The van der Waals surface area contributed by atoms with E-state index in [4.69, 9.17) is 5.73 Å². The van der Waals surface area contributed by atoms with E-state index in [1.165, 1.54) is 4.70 Å². The fraction of sp³-hybridized carbons (Fsp3) is 0.143. The average Bonchev–Trinajstić information content (AvgIpc) is 2.81. The van der Waals surface area contributed by atoms with Crippen molar-refractivity contribution in [2.45, 2.75) is 22.3 Å². The van der Waals surface area contributed by atoms with Crippen LogP contribution < -0.4 is 5.73 Å². The van der Waals surface area contributed by atoms with E-state index in [1.54, 1.807) is 23.1 Å². The molecule has 1 unspecified atom stereocenters. The fourth-order valence-corrected chi connectivity index (χ4v) is 3.66. The minimum Gasteiger partial charge on any atom is -0.324 e. The summed E-state index contributed by atoms with van der Waals surface area (Å²) in [6.45, 7) is 1.96. The van der Waals surface area contributed by atoms with Crippen LogP contribution in [0.2, 0.25) is 0 Å². The summed E-state index contributed by atoms with van der Waals surface area (Å²) in [5.74, 6) is 0. The summed E-state index contributed by atoms with van der Waals surface area (Å²) in [5.41, 5.74) is 7.90. The second-order valence-electron chi connectivity index (χ2n) is 4.27. The van der Waals surface area contributed by atoms with Gasteiger partial charge in [0.25, 0.3) is 0 Å². The van der Waals surface area contributed by atoms with E-state index in [0.29, 0.717) is 0 Å². The van der Waals surface area contributed by atoms with Crippen LogP contribution in [-0.2, 0) is 0 Å². The topological polar surface area (TPSA) is 51.8 Å². The Morgan fingerprint density at radius 3 is 2.74 bits per heavy atom. The molecule has 3 aromatic rings. The van der Waals surface area contributed by atoms with Crippen molar-refractivity contribution < 1.29 is 0 Å². The Morgan fingerprint density at radius 1 is 1.21 bits per heavy atom. The molecular weight excluding hydrogens is 274 g/mol. The monoisotopic (exact) mass is 287 g/mol. The van der Waals surface area contributed by atoms with Gasteiger partial charge in [0.05, 0.1) is 10.2 Å². The number of para-hydroxylation sites is 1. The second kappa shape index (κ2) is 5.28. The quantitative estimate of drug-likeness (QED) is 0.794. The van der Waals surface area contributed by atoms with Crippen molar-refractivity contribution in [3.05, 3.63) is 48.2 Å². The molecule has 3 rings (SSSR count). The van der Waals surface area contributed by atoms with Gasteiger partial charge in [-0.25, -0.2) is 9.97 Å². The summed E-state index contributed by atoms with van der Waals surface area (Å²) in [6, 6.07) is 12.2. The van der Waals surface area contributed by atoms with E-state index in [9.17, 15) is 0 Å². The van der Waals surface area contributed by atoms with Crippen LogP contribution in [0.15, 0.2) is 52.0 Å². The number of nitrogens with zero attached hydrogens (tertiary/aromatic N) is 2. The van der Waals surface area contributed by atoms with Crippen LogP contribution in [0, 0.1) is 0 Å². The Hall–Kier alpha value is -1.43. The van der Waals surface area contributed by atoms with Gasteiger partial charge in [0.1, 0.15) is 5.03 Å². The van der Waals surface area contributed by atoms with Gasteiger partial charge in [-0.1, -0.05) is 18.2 Å². The van der Waals surface area contributed by atoms with Gasteiger partial charge < -0.3 is 5.73 Å². The number of rotatable bonds is 3. The molecule has 0 saturated heterocycles. The predicted molar refractivity (Wildman–Crippen MR) is 80.6 cm³/mol. The van der Waals surface area contributed by atoms with Crippen LogP contribution >= 0.6 is 23.1 Å². The molecule has 0 aliphatic rings. The Bertz CT molecular complexity index is 656. The van der Waals surface area contributed by atoms with Crippen LogP contribution in [0.1, 0.15) is 18.5 Å². The highest BCUT2D eigenvalue weighted by atomic mass is 32.2. The number of nitrogens with two attached hydrogens (primary N) is 1. The molecule has 1 aromatic carbocycles. The Morgan fingerprint density at radius 2 is 2.05 bits per heavy atom. The first-order valence-corrected chi connectivity index (χ1v) is 7.60. The zero-order valence-corrected chi connectivity index (χ0v) is 12.0. The first kappa shape index (κ1) is 12.6. The molecule has 0 saturated carbocycles. The molecule has 19 heavy (non-hydrogen) atoms. The normalized spacial score (nSPS) is 12.7. The molecular formula is C14H13N3S2. The molecule has 2 N–H and O–H groups in total. The van der Waals surface area contributed by atoms with Crippen molar-refractivity contribution >= 4 is 33.3 Å². The van der Waals surface area contributed by atoms with Crippen molar-refractivity contribution in [2.75, 3.05) is 0 Å². The molecule has 3 nitrogen and oxygen atoms in total. The van der Waals surface area contributed by atoms with Crippen LogP contribution in [-0.4, -0.2) is 9.97 Å². The largest absolute Gasteiger partial charge is 0.324 e. The Balaban J connectivity index is 1.84. The standard InChI is InChI=1S/C14H13N3S2/c1-9(15)10-6-7-13(16-8-10)19-14-17-11-4-2-3-5-12(11)18-14/h2-9H,15H2,1H3. The Kier molecular flexibility index (Phi) is 3.50. The fourth-order valence-electron chi connectivity index (χ4n) is 1.71. The van der Waals surface area contributed by atoms with E-state index in [0.717, 1.165) is 20.4 Å². The number of hydrogen-bond donors (Lipinski definition) is 1. The minimum absolute atomic E-state index is 0.0222. The summed E-state index contributed by atoms with van der Waals surface area (Å²) in [6.07, 6.45) is 1.83. The van der Waals surface area contributed by atoms with Crippen molar-refractivity contribution in [2.24, 2.45) is 5.73 Å². The van der Waals surface area contributed by atoms with Crippen LogP contribution in [0.5, 0.6) is 0 Å². The molecule has 0 spiro atoms. The SMILES string of the molecule is CC(N)c1ccc(Sc2nc3ccccc3s2)nc1. The molecule has 0 radical (unpaired) electrons. The van der Waals surface area contributed by atoms with Crippen LogP contribution in [0.3, 0.4) is 0 Å². The number of thiazole rings is 1. The van der Waals surface area contributed by atoms with Gasteiger partial charge in [0.15, 0.2) is 4.34 Å². The number of benzene rings is 1. The van der Waals surface area contributed by atoms with Gasteiger partial charge in [0.2, 0.25) is 0 Å². The summed E-state index contributed by atoms with van der Waals surface area (Å²) in [5, 5.41) is 0.948. The molecule has 2 heterocycles. The maximum absolute atomic E-state index is 5.81. The molecule has 2 aromatic heterocycles. The molecule has 96 valence electrons. The van der Waals surface area contributed by atoms with Crippen molar-refractivity contribution in [1.82, 2.24) is 9.97 Å². The van der Waals surface area contributed by atoms with Crippen LogP contribution in [0.25, 0.3) is 10.2 Å². The van der Waals surface area contributed by atoms with Crippen molar-refractivity contribution in [1.29, 1.82) is 0 Å². The summed E-state index contributed by atoms with van der Waals surface area (Å²) in [7, 11) is 0. The molecule has 0 aliphatic heterocycles. The third kappa shape index (κ3) is 2.78. The van der Waals surface area contributed by atoms with Gasteiger partial charge in [-0.15, -0.1) is 11.3 Å².